The highest BCUT2D eigenvalue weighted by Crippen LogP contribution is 2.25. The van der Waals surface area contributed by atoms with E-state index in [9.17, 15) is 18.0 Å². The number of rotatable bonds is 7. The highest BCUT2D eigenvalue weighted by Gasteiger charge is 2.25. The van der Waals surface area contributed by atoms with Crippen LogP contribution in [0.2, 0.25) is 0 Å². The Labute approximate surface area is 187 Å². The Morgan fingerprint density at radius 3 is 2.41 bits per heavy atom. The maximum absolute atomic E-state index is 13.0. The van der Waals surface area contributed by atoms with Crippen molar-refractivity contribution in [2.24, 2.45) is 0 Å². The molecule has 2 N–H and O–H groups in total. The third-order valence-corrected chi connectivity index (χ3v) is 6.95. The number of amides is 1. The van der Waals surface area contributed by atoms with Crippen LogP contribution in [0.15, 0.2) is 59.5 Å². The number of para-hydroxylation sites is 1. The first-order chi connectivity index (χ1) is 15.2. The van der Waals surface area contributed by atoms with Crippen LogP contribution in [-0.2, 0) is 21.2 Å². The lowest BCUT2D eigenvalue weighted by atomic mass is 10.1. The van der Waals surface area contributed by atoms with Gasteiger partial charge in [0.1, 0.15) is 5.69 Å². The van der Waals surface area contributed by atoms with Gasteiger partial charge in [-0.25, -0.2) is 13.2 Å². The Kier molecular flexibility index (Phi) is 6.69. The molecular formula is C23H25N3O5S. The van der Waals surface area contributed by atoms with Crippen LogP contribution in [-0.4, -0.2) is 39.4 Å². The van der Waals surface area contributed by atoms with E-state index in [1.165, 1.54) is 30.6 Å². The molecule has 0 saturated carbocycles. The van der Waals surface area contributed by atoms with E-state index >= 15 is 0 Å². The number of sulfonamides is 1. The zero-order chi connectivity index (χ0) is 23.5. The zero-order valence-electron chi connectivity index (χ0n) is 18.3. The first kappa shape index (κ1) is 23.1. The number of nitrogens with one attached hydrogen (secondary N) is 2. The molecule has 1 amide bonds. The predicted molar refractivity (Wildman–Crippen MR) is 123 cm³/mol. The van der Waals surface area contributed by atoms with E-state index in [-0.39, 0.29) is 10.6 Å². The Bertz CT molecular complexity index is 1250. The number of aromatic amines is 1. The number of H-pyrrole nitrogens is 1. The fraction of sp³-hybridized carbons (Fsp3) is 0.217. The third-order valence-electron chi connectivity index (χ3n) is 5.17. The van der Waals surface area contributed by atoms with Crippen molar-refractivity contribution in [2.75, 3.05) is 23.8 Å². The topological polar surface area (TPSA) is 109 Å². The number of methoxy groups -OCH3 is 1. The molecule has 2 aromatic carbocycles. The summed E-state index contributed by atoms with van der Waals surface area (Å²) in [5, 5.41) is 2.71. The minimum Gasteiger partial charge on any atom is -0.465 e. The molecule has 0 aliphatic carbocycles. The quantitative estimate of drug-likeness (QED) is 0.528. The molecule has 0 unspecified atom stereocenters. The monoisotopic (exact) mass is 455 g/mol. The highest BCUT2D eigenvalue weighted by molar-refractivity contribution is 7.92. The van der Waals surface area contributed by atoms with Gasteiger partial charge in [0.2, 0.25) is 0 Å². The van der Waals surface area contributed by atoms with Crippen molar-refractivity contribution in [2.45, 2.75) is 25.2 Å². The number of anilines is 2. The fourth-order valence-corrected chi connectivity index (χ4v) is 4.63. The largest absolute Gasteiger partial charge is 0.465 e. The van der Waals surface area contributed by atoms with E-state index in [1.54, 1.807) is 49.4 Å². The number of nitrogens with zero attached hydrogens (tertiary/aromatic N) is 1. The van der Waals surface area contributed by atoms with Crippen LogP contribution < -0.4 is 9.62 Å². The number of aryl methyl sites for hydroxylation is 1. The number of carbonyl (C=O) groups is 2. The van der Waals surface area contributed by atoms with Crippen LogP contribution in [0.1, 0.15) is 39.0 Å². The summed E-state index contributed by atoms with van der Waals surface area (Å²) < 4.78 is 32.1. The van der Waals surface area contributed by atoms with Crippen molar-refractivity contribution in [1.82, 2.24) is 4.98 Å². The van der Waals surface area contributed by atoms with Crippen molar-refractivity contribution in [3.05, 3.63) is 77.1 Å². The van der Waals surface area contributed by atoms with Crippen LogP contribution in [0.25, 0.3) is 0 Å². The minimum absolute atomic E-state index is 0.0364. The zero-order valence-corrected chi connectivity index (χ0v) is 19.1. The lowest BCUT2D eigenvalue weighted by molar-refractivity contribution is 0.0599. The first-order valence-corrected chi connectivity index (χ1v) is 11.4. The minimum atomic E-state index is -3.83. The standard InChI is InChI=1S/C23H25N3O5S/c1-5-19-20(23(28)31-4)15(2)21(25-19)22(27)24-16-10-9-13-18(14-16)32(29,30)26(3)17-11-7-6-8-12-17/h6-14,25H,5H2,1-4H3,(H,24,27). The van der Waals surface area contributed by atoms with Gasteiger partial charge in [-0.1, -0.05) is 31.2 Å². The Balaban J connectivity index is 1.89. The summed E-state index contributed by atoms with van der Waals surface area (Å²) in [5.41, 5.74) is 2.45. The van der Waals surface area contributed by atoms with Crippen molar-refractivity contribution in [3.8, 4) is 0 Å². The Hall–Kier alpha value is -3.59. The van der Waals surface area contributed by atoms with Crippen LogP contribution >= 0.6 is 0 Å². The van der Waals surface area contributed by atoms with E-state index in [2.05, 4.69) is 10.3 Å². The molecule has 9 heteroatoms. The molecule has 0 aliphatic rings. The van der Waals surface area contributed by atoms with Gasteiger partial charge in [-0.05, 0) is 49.2 Å². The van der Waals surface area contributed by atoms with Crippen LogP contribution in [0, 0.1) is 6.92 Å². The van der Waals surface area contributed by atoms with Crippen molar-refractivity contribution in [3.63, 3.8) is 0 Å². The van der Waals surface area contributed by atoms with Crippen LogP contribution in [0.4, 0.5) is 11.4 Å². The number of hydrogen-bond donors (Lipinski definition) is 2. The second kappa shape index (κ2) is 9.27. The molecule has 3 rings (SSSR count). The van der Waals surface area contributed by atoms with Crippen LogP contribution in [0.3, 0.4) is 0 Å². The van der Waals surface area contributed by atoms with Gasteiger partial charge in [-0.3, -0.25) is 9.10 Å². The van der Waals surface area contributed by atoms with Gasteiger partial charge in [0, 0.05) is 18.4 Å². The second-order valence-electron chi connectivity index (χ2n) is 7.11. The van der Waals surface area contributed by atoms with Gasteiger partial charge in [-0.2, -0.15) is 0 Å². The number of ether oxygens (including phenoxy) is 1. The van der Waals surface area contributed by atoms with Gasteiger partial charge >= 0.3 is 5.97 Å². The van der Waals surface area contributed by atoms with Crippen LogP contribution in [0.5, 0.6) is 0 Å². The molecule has 0 bridgehead atoms. The lowest BCUT2D eigenvalue weighted by Gasteiger charge is -2.19. The number of hydrogen-bond acceptors (Lipinski definition) is 5. The van der Waals surface area contributed by atoms with Gasteiger partial charge in [-0.15, -0.1) is 0 Å². The molecule has 0 saturated heterocycles. The van der Waals surface area contributed by atoms with E-state index in [1.807, 2.05) is 6.92 Å². The lowest BCUT2D eigenvalue weighted by Crippen LogP contribution is -2.26. The fourth-order valence-electron chi connectivity index (χ4n) is 3.39. The summed E-state index contributed by atoms with van der Waals surface area (Å²) in [5.74, 6) is -1.01. The molecule has 32 heavy (non-hydrogen) atoms. The summed E-state index contributed by atoms with van der Waals surface area (Å²) in [6.45, 7) is 3.52. The smallest absolute Gasteiger partial charge is 0.339 e. The summed E-state index contributed by atoms with van der Waals surface area (Å²) in [6, 6.07) is 14.7. The number of benzene rings is 2. The second-order valence-corrected chi connectivity index (χ2v) is 9.08. The number of esters is 1. The molecule has 8 nitrogen and oxygen atoms in total. The molecular weight excluding hydrogens is 430 g/mol. The average molecular weight is 456 g/mol. The SMILES string of the molecule is CCc1[nH]c(C(=O)Nc2cccc(S(=O)(=O)N(C)c3ccccc3)c2)c(C)c1C(=O)OC. The van der Waals surface area contributed by atoms with E-state index in [4.69, 9.17) is 4.74 Å². The first-order valence-electron chi connectivity index (χ1n) is 9.95. The molecule has 0 atom stereocenters. The van der Waals surface area contributed by atoms with E-state index in [0.717, 1.165) is 0 Å². The Morgan fingerprint density at radius 1 is 1.09 bits per heavy atom. The predicted octanol–water partition coefficient (Wildman–Crippen LogP) is 3.75. The molecule has 0 fully saturated rings. The van der Waals surface area contributed by atoms with Gasteiger partial charge < -0.3 is 15.0 Å². The molecule has 168 valence electrons. The van der Waals surface area contributed by atoms with E-state index < -0.39 is 21.9 Å². The Morgan fingerprint density at radius 2 is 1.78 bits per heavy atom. The van der Waals surface area contributed by atoms with Crippen molar-refractivity contribution >= 4 is 33.3 Å². The summed E-state index contributed by atoms with van der Waals surface area (Å²) in [4.78, 5) is 28.0. The van der Waals surface area contributed by atoms with Gasteiger partial charge in [0.25, 0.3) is 15.9 Å². The summed E-state index contributed by atoms with van der Waals surface area (Å²) in [7, 11) is -1.08. The number of aromatic nitrogens is 1. The summed E-state index contributed by atoms with van der Waals surface area (Å²) in [6.07, 6.45) is 0.512. The molecule has 1 heterocycles. The van der Waals surface area contributed by atoms with Gasteiger partial charge in [0.15, 0.2) is 0 Å². The molecule has 3 aromatic rings. The average Bonchev–Trinajstić information content (AvgIpc) is 3.15. The number of carbonyl (C=O) groups excluding carboxylic acids is 2. The maximum Gasteiger partial charge on any atom is 0.339 e. The van der Waals surface area contributed by atoms with E-state index in [0.29, 0.717) is 34.6 Å². The molecule has 0 spiro atoms. The van der Waals surface area contributed by atoms with Crippen molar-refractivity contribution in [1.29, 1.82) is 0 Å². The van der Waals surface area contributed by atoms with Crippen molar-refractivity contribution < 1.29 is 22.7 Å². The third kappa shape index (κ3) is 4.38. The molecule has 0 radical (unpaired) electrons. The molecule has 1 aromatic heterocycles. The molecule has 0 aliphatic heterocycles. The highest BCUT2D eigenvalue weighted by atomic mass is 32.2. The summed E-state index contributed by atoms with van der Waals surface area (Å²) >= 11 is 0. The normalized spacial score (nSPS) is 11.1. The van der Waals surface area contributed by atoms with Gasteiger partial charge in [0.05, 0.1) is 23.3 Å². The maximum atomic E-state index is 13.0.